The Balaban J connectivity index is 1.33. The maximum atomic E-state index is 12.3. The molecule has 1 aliphatic heterocycles. The van der Waals surface area contributed by atoms with Crippen LogP contribution in [-0.4, -0.2) is 36.5 Å². The summed E-state index contributed by atoms with van der Waals surface area (Å²) in [6.45, 7) is 2.23. The molecule has 0 saturated heterocycles. The number of nitrogen functional groups attached to an aromatic ring is 1. The van der Waals surface area contributed by atoms with Crippen LogP contribution >= 0.6 is 0 Å². The Labute approximate surface area is 159 Å². The first-order valence-electron chi connectivity index (χ1n) is 9.32. The molecule has 6 nitrogen and oxygen atoms in total. The predicted octanol–water partition coefficient (Wildman–Crippen LogP) is 2.09. The van der Waals surface area contributed by atoms with E-state index in [2.05, 4.69) is 22.8 Å². The van der Waals surface area contributed by atoms with Crippen molar-refractivity contribution in [3.63, 3.8) is 0 Å². The lowest BCUT2D eigenvalue weighted by Gasteiger charge is -2.28. The fourth-order valence-electron chi connectivity index (χ4n) is 3.18. The summed E-state index contributed by atoms with van der Waals surface area (Å²) in [6, 6.07) is 15.7. The number of urea groups is 1. The van der Waals surface area contributed by atoms with Gasteiger partial charge in [-0.05, 0) is 41.7 Å². The van der Waals surface area contributed by atoms with Crippen LogP contribution in [0.4, 0.5) is 10.5 Å². The second-order valence-corrected chi connectivity index (χ2v) is 6.76. The fraction of sp³-hybridized carbons (Fsp3) is 0.333. The third kappa shape index (κ3) is 5.48. The van der Waals surface area contributed by atoms with Crippen LogP contribution in [0.25, 0.3) is 0 Å². The molecule has 27 heavy (non-hydrogen) atoms. The maximum absolute atomic E-state index is 12.3. The number of amides is 3. The summed E-state index contributed by atoms with van der Waals surface area (Å²) in [4.78, 5) is 26.0. The number of carbonyl (C=O) groups is 2. The minimum atomic E-state index is -0.112. The lowest BCUT2D eigenvalue weighted by atomic mass is 10.0. The molecule has 142 valence electrons. The third-order valence-corrected chi connectivity index (χ3v) is 4.76. The highest BCUT2D eigenvalue weighted by atomic mass is 16.2. The first-order chi connectivity index (χ1) is 13.1. The lowest BCUT2D eigenvalue weighted by Crippen LogP contribution is -2.43. The van der Waals surface area contributed by atoms with Crippen molar-refractivity contribution in [2.24, 2.45) is 0 Å². The van der Waals surface area contributed by atoms with Gasteiger partial charge in [-0.15, -0.1) is 0 Å². The van der Waals surface area contributed by atoms with Gasteiger partial charge in [-0.2, -0.15) is 0 Å². The van der Waals surface area contributed by atoms with Gasteiger partial charge in [-0.25, -0.2) is 4.79 Å². The first kappa shape index (κ1) is 18.8. The second kappa shape index (κ2) is 9.07. The molecule has 4 N–H and O–H groups in total. The largest absolute Gasteiger partial charge is 0.399 e. The molecular formula is C21H26N4O2. The Bertz CT molecular complexity index is 789. The summed E-state index contributed by atoms with van der Waals surface area (Å²) in [6.07, 6.45) is 1.90. The Morgan fingerprint density at radius 2 is 1.70 bits per heavy atom. The zero-order chi connectivity index (χ0) is 19.1. The molecule has 0 saturated carbocycles. The van der Waals surface area contributed by atoms with Gasteiger partial charge in [0.05, 0.1) is 0 Å². The molecule has 0 bridgehead atoms. The standard InChI is InChI=1S/C21H26N4O2/c22-19-7-5-16(6-8-19)9-12-23-20(26)10-13-24-21(27)25-14-11-17-3-1-2-4-18(17)15-25/h1-8H,9-15,22H2,(H,23,26)(H,24,27). The number of nitrogens with two attached hydrogens (primary N) is 1. The second-order valence-electron chi connectivity index (χ2n) is 6.76. The number of anilines is 1. The number of hydrogen-bond acceptors (Lipinski definition) is 3. The van der Waals surface area contributed by atoms with Crippen LogP contribution < -0.4 is 16.4 Å². The number of nitrogens with zero attached hydrogens (tertiary/aromatic N) is 1. The molecule has 0 aliphatic carbocycles. The topological polar surface area (TPSA) is 87.5 Å². The van der Waals surface area contributed by atoms with E-state index in [9.17, 15) is 9.59 Å². The number of fused-ring (bicyclic) bond motifs is 1. The van der Waals surface area contributed by atoms with Crippen molar-refractivity contribution in [1.29, 1.82) is 0 Å². The summed E-state index contributed by atoms with van der Waals surface area (Å²) in [5.41, 5.74) is 10.0. The molecule has 0 spiro atoms. The van der Waals surface area contributed by atoms with E-state index in [1.54, 1.807) is 4.90 Å². The number of nitrogens with one attached hydrogen (secondary N) is 2. The first-order valence-corrected chi connectivity index (χ1v) is 9.32. The van der Waals surface area contributed by atoms with Crippen molar-refractivity contribution < 1.29 is 9.59 Å². The van der Waals surface area contributed by atoms with Crippen LogP contribution in [0.15, 0.2) is 48.5 Å². The van der Waals surface area contributed by atoms with Crippen LogP contribution in [0.5, 0.6) is 0 Å². The van der Waals surface area contributed by atoms with Gasteiger partial charge >= 0.3 is 6.03 Å². The third-order valence-electron chi connectivity index (χ3n) is 4.76. The minimum absolute atomic E-state index is 0.0604. The van der Waals surface area contributed by atoms with Crippen molar-refractivity contribution in [2.75, 3.05) is 25.4 Å². The van der Waals surface area contributed by atoms with Gasteiger partial charge < -0.3 is 21.3 Å². The highest BCUT2D eigenvalue weighted by Gasteiger charge is 2.19. The van der Waals surface area contributed by atoms with Gasteiger partial charge in [0.25, 0.3) is 0 Å². The predicted molar refractivity (Wildman–Crippen MR) is 106 cm³/mol. The number of carbonyl (C=O) groups excluding carboxylic acids is 2. The quantitative estimate of drug-likeness (QED) is 0.684. The number of hydrogen-bond donors (Lipinski definition) is 3. The van der Waals surface area contributed by atoms with Gasteiger partial charge in [-0.3, -0.25) is 4.79 Å². The summed E-state index contributed by atoms with van der Waals surface area (Å²) in [7, 11) is 0. The van der Waals surface area contributed by atoms with Crippen molar-refractivity contribution >= 4 is 17.6 Å². The molecule has 0 fully saturated rings. The van der Waals surface area contributed by atoms with Crippen molar-refractivity contribution in [2.45, 2.75) is 25.8 Å². The lowest BCUT2D eigenvalue weighted by molar-refractivity contribution is -0.120. The molecule has 6 heteroatoms. The van der Waals surface area contributed by atoms with E-state index in [0.717, 1.165) is 24.1 Å². The van der Waals surface area contributed by atoms with Crippen LogP contribution in [-0.2, 0) is 24.2 Å². The fourth-order valence-corrected chi connectivity index (χ4v) is 3.18. The van der Waals surface area contributed by atoms with E-state index in [4.69, 9.17) is 5.73 Å². The van der Waals surface area contributed by atoms with Gasteiger partial charge in [0.15, 0.2) is 0 Å². The van der Waals surface area contributed by atoms with E-state index in [1.807, 2.05) is 36.4 Å². The van der Waals surface area contributed by atoms with Crippen LogP contribution in [0, 0.1) is 0 Å². The van der Waals surface area contributed by atoms with E-state index in [1.165, 1.54) is 11.1 Å². The smallest absolute Gasteiger partial charge is 0.317 e. The zero-order valence-electron chi connectivity index (χ0n) is 15.4. The molecule has 0 radical (unpaired) electrons. The molecule has 3 rings (SSSR count). The summed E-state index contributed by atoms with van der Waals surface area (Å²) >= 11 is 0. The molecule has 0 unspecified atom stereocenters. The maximum Gasteiger partial charge on any atom is 0.317 e. The van der Waals surface area contributed by atoms with Crippen LogP contribution in [0.1, 0.15) is 23.1 Å². The van der Waals surface area contributed by atoms with E-state index in [0.29, 0.717) is 26.2 Å². The summed E-state index contributed by atoms with van der Waals surface area (Å²) in [5.74, 6) is -0.0604. The molecule has 1 aliphatic rings. The highest BCUT2D eigenvalue weighted by molar-refractivity contribution is 5.78. The molecule has 0 aromatic heterocycles. The van der Waals surface area contributed by atoms with Gasteiger partial charge in [-0.1, -0.05) is 36.4 Å². The SMILES string of the molecule is Nc1ccc(CCNC(=O)CCNC(=O)N2CCc3ccccc3C2)cc1. The average Bonchev–Trinajstić information content (AvgIpc) is 2.69. The number of rotatable bonds is 6. The molecule has 2 aromatic carbocycles. The molecule has 0 atom stereocenters. The van der Waals surface area contributed by atoms with E-state index in [-0.39, 0.29) is 18.4 Å². The van der Waals surface area contributed by atoms with Gasteiger partial charge in [0.2, 0.25) is 5.91 Å². The van der Waals surface area contributed by atoms with Crippen molar-refractivity contribution in [1.82, 2.24) is 15.5 Å². The molecule has 1 heterocycles. The van der Waals surface area contributed by atoms with Crippen molar-refractivity contribution in [3.8, 4) is 0 Å². The molecule has 3 amide bonds. The number of benzene rings is 2. The summed E-state index contributed by atoms with van der Waals surface area (Å²) in [5, 5.41) is 5.72. The van der Waals surface area contributed by atoms with E-state index < -0.39 is 0 Å². The monoisotopic (exact) mass is 366 g/mol. The Hall–Kier alpha value is -3.02. The van der Waals surface area contributed by atoms with Gasteiger partial charge in [0, 0.05) is 38.3 Å². The normalized spacial score (nSPS) is 13.0. The zero-order valence-corrected chi connectivity index (χ0v) is 15.4. The van der Waals surface area contributed by atoms with Crippen molar-refractivity contribution in [3.05, 3.63) is 65.2 Å². The minimum Gasteiger partial charge on any atom is -0.399 e. The molecular weight excluding hydrogens is 340 g/mol. The average molecular weight is 366 g/mol. The Kier molecular flexibility index (Phi) is 6.30. The van der Waals surface area contributed by atoms with Crippen LogP contribution in [0.3, 0.4) is 0 Å². The Morgan fingerprint density at radius 1 is 0.963 bits per heavy atom. The van der Waals surface area contributed by atoms with E-state index >= 15 is 0 Å². The van der Waals surface area contributed by atoms with Crippen LogP contribution in [0.2, 0.25) is 0 Å². The van der Waals surface area contributed by atoms with Gasteiger partial charge in [0.1, 0.15) is 0 Å². The summed E-state index contributed by atoms with van der Waals surface area (Å²) < 4.78 is 0. The highest BCUT2D eigenvalue weighted by Crippen LogP contribution is 2.18. The molecule has 2 aromatic rings. The Morgan fingerprint density at radius 3 is 2.48 bits per heavy atom.